The summed E-state index contributed by atoms with van der Waals surface area (Å²) >= 11 is 11.8. The molecule has 19 heavy (non-hydrogen) atoms. The smallest absolute Gasteiger partial charge is 0.326 e. The van der Waals surface area contributed by atoms with Crippen LogP contribution in [-0.4, -0.2) is 20.6 Å². The Morgan fingerprint density at radius 1 is 1.47 bits per heavy atom. The van der Waals surface area contributed by atoms with E-state index in [0.717, 1.165) is 12.1 Å². The van der Waals surface area contributed by atoms with Gasteiger partial charge in [0.25, 0.3) is 0 Å². The molecule has 1 atom stereocenters. The van der Waals surface area contributed by atoms with E-state index in [9.17, 15) is 9.90 Å². The predicted molar refractivity (Wildman–Crippen MR) is 69.6 cm³/mol. The van der Waals surface area contributed by atoms with Gasteiger partial charge in [0, 0.05) is 0 Å². The average Bonchev–Trinajstić information content (AvgIpc) is 2.94. The van der Waals surface area contributed by atoms with Crippen molar-refractivity contribution < 1.29 is 14.3 Å². The SMILES string of the molecule is O=C(O)C1CCCc2c(Cl)nc(-c3ccc(Cl)o3)n21. The lowest BCUT2D eigenvalue weighted by Crippen LogP contribution is -2.25. The standard InChI is InChI=1S/C12H10Cl2N2O3/c13-9-5-4-8(19-9)11-15-10(14)6-2-1-3-7(12(17)18)16(6)11/h4-5,7H,1-3H2,(H,17,18). The number of nitrogens with zero attached hydrogens (tertiary/aromatic N) is 2. The van der Waals surface area contributed by atoms with Crippen molar-refractivity contribution in [2.45, 2.75) is 25.3 Å². The van der Waals surface area contributed by atoms with E-state index >= 15 is 0 Å². The number of carbonyl (C=O) groups is 1. The summed E-state index contributed by atoms with van der Waals surface area (Å²) < 4.78 is 6.95. The monoisotopic (exact) mass is 300 g/mol. The third-order valence-corrected chi connectivity index (χ3v) is 3.75. The average molecular weight is 301 g/mol. The van der Waals surface area contributed by atoms with Gasteiger partial charge >= 0.3 is 5.97 Å². The van der Waals surface area contributed by atoms with Crippen LogP contribution < -0.4 is 0 Å². The fourth-order valence-electron chi connectivity index (χ4n) is 2.43. The molecule has 0 aliphatic carbocycles. The first-order valence-corrected chi connectivity index (χ1v) is 6.58. The van der Waals surface area contributed by atoms with Gasteiger partial charge in [0.2, 0.25) is 0 Å². The van der Waals surface area contributed by atoms with E-state index in [1.54, 1.807) is 16.7 Å². The van der Waals surface area contributed by atoms with E-state index in [4.69, 9.17) is 27.6 Å². The molecular formula is C12H10Cl2N2O3. The van der Waals surface area contributed by atoms with Crippen LogP contribution in [0.25, 0.3) is 11.6 Å². The molecule has 0 amide bonds. The second kappa shape index (κ2) is 4.58. The molecule has 0 radical (unpaired) electrons. The topological polar surface area (TPSA) is 68.3 Å². The fourth-order valence-corrected chi connectivity index (χ4v) is 2.84. The molecule has 0 saturated carbocycles. The summed E-state index contributed by atoms with van der Waals surface area (Å²) in [7, 11) is 0. The van der Waals surface area contributed by atoms with Gasteiger partial charge in [0.1, 0.15) is 6.04 Å². The van der Waals surface area contributed by atoms with Crippen molar-refractivity contribution in [2.75, 3.05) is 0 Å². The summed E-state index contributed by atoms with van der Waals surface area (Å²) in [5, 5.41) is 9.88. The highest BCUT2D eigenvalue weighted by Crippen LogP contribution is 2.36. The minimum Gasteiger partial charge on any atom is -0.480 e. The Bertz CT molecular complexity index is 647. The summed E-state index contributed by atoms with van der Waals surface area (Å²) in [5.41, 5.74) is 0.739. The molecule has 1 N–H and O–H groups in total. The molecule has 1 aliphatic heterocycles. The number of carboxylic acid groups (broad SMARTS) is 1. The maximum atomic E-state index is 11.4. The van der Waals surface area contributed by atoms with Gasteiger partial charge in [-0.05, 0) is 43.0 Å². The molecule has 5 nitrogen and oxygen atoms in total. The molecule has 0 fully saturated rings. The third kappa shape index (κ3) is 2.03. The van der Waals surface area contributed by atoms with Crippen LogP contribution in [0.3, 0.4) is 0 Å². The molecule has 3 rings (SSSR count). The minimum atomic E-state index is -0.895. The van der Waals surface area contributed by atoms with Crippen LogP contribution in [-0.2, 0) is 11.2 Å². The van der Waals surface area contributed by atoms with Gasteiger partial charge < -0.3 is 14.1 Å². The predicted octanol–water partition coefficient (Wildman–Crippen LogP) is 3.41. The Labute approximate surface area is 118 Å². The summed E-state index contributed by atoms with van der Waals surface area (Å²) in [4.78, 5) is 15.6. The van der Waals surface area contributed by atoms with Gasteiger partial charge in [-0.1, -0.05) is 11.6 Å². The van der Waals surface area contributed by atoms with Crippen LogP contribution in [0.4, 0.5) is 0 Å². The van der Waals surface area contributed by atoms with Crippen LogP contribution in [0.2, 0.25) is 10.4 Å². The zero-order valence-electron chi connectivity index (χ0n) is 9.77. The fraction of sp³-hybridized carbons (Fsp3) is 0.333. The molecule has 2 aromatic heterocycles. The number of furan rings is 1. The third-order valence-electron chi connectivity index (χ3n) is 3.24. The molecule has 1 aliphatic rings. The molecule has 0 bridgehead atoms. The second-order valence-corrected chi connectivity index (χ2v) is 5.12. The Morgan fingerprint density at radius 2 is 2.26 bits per heavy atom. The summed E-state index contributed by atoms with van der Waals surface area (Å²) in [6.45, 7) is 0. The quantitative estimate of drug-likeness (QED) is 0.923. The molecular weight excluding hydrogens is 291 g/mol. The number of hydrogen-bond donors (Lipinski definition) is 1. The van der Waals surface area contributed by atoms with Crippen molar-refractivity contribution >= 4 is 29.2 Å². The molecule has 7 heteroatoms. The van der Waals surface area contributed by atoms with E-state index in [1.165, 1.54) is 0 Å². The highest BCUT2D eigenvalue weighted by Gasteiger charge is 2.32. The van der Waals surface area contributed by atoms with Crippen molar-refractivity contribution in [3.63, 3.8) is 0 Å². The van der Waals surface area contributed by atoms with Crippen LogP contribution >= 0.6 is 23.2 Å². The van der Waals surface area contributed by atoms with Gasteiger partial charge in [-0.25, -0.2) is 9.78 Å². The van der Waals surface area contributed by atoms with Crippen molar-refractivity contribution in [1.29, 1.82) is 0 Å². The lowest BCUT2D eigenvalue weighted by molar-refractivity contribution is -0.141. The second-order valence-electron chi connectivity index (χ2n) is 4.39. The number of carboxylic acids is 1. The summed E-state index contributed by atoms with van der Waals surface area (Å²) in [5.74, 6) is -0.0563. The maximum Gasteiger partial charge on any atom is 0.326 e. The number of fused-ring (bicyclic) bond motifs is 1. The molecule has 0 aromatic carbocycles. The van der Waals surface area contributed by atoms with Gasteiger partial charge in [0.15, 0.2) is 22.0 Å². The molecule has 2 aromatic rings. The number of aliphatic carboxylic acids is 1. The Hall–Kier alpha value is -1.46. The Balaban J connectivity index is 2.19. The zero-order chi connectivity index (χ0) is 13.6. The van der Waals surface area contributed by atoms with Gasteiger partial charge in [-0.15, -0.1) is 0 Å². The molecule has 0 saturated heterocycles. The zero-order valence-corrected chi connectivity index (χ0v) is 11.3. The lowest BCUT2D eigenvalue weighted by Gasteiger charge is -2.23. The maximum absolute atomic E-state index is 11.4. The van der Waals surface area contributed by atoms with Crippen molar-refractivity contribution in [3.8, 4) is 11.6 Å². The van der Waals surface area contributed by atoms with Crippen LogP contribution in [0.1, 0.15) is 24.6 Å². The number of imidazole rings is 1. The Morgan fingerprint density at radius 3 is 2.89 bits per heavy atom. The number of halogens is 2. The van der Waals surface area contributed by atoms with Gasteiger partial charge in [-0.3, -0.25) is 0 Å². The van der Waals surface area contributed by atoms with E-state index < -0.39 is 12.0 Å². The van der Waals surface area contributed by atoms with Crippen molar-refractivity contribution in [3.05, 3.63) is 28.2 Å². The van der Waals surface area contributed by atoms with E-state index in [-0.39, 0.29) is 5.22 Å². The lowest BCUT2D eigenvalue weighted by atomic mass is 10.0. The van der Waals surface area contributed by atoms with Crippen LogP contribution in [0.5, 0.6) is 0 Å². The molecule has 3 heterocycles. The Kier molecular flexibility index (Phi) is 3.03. The van der Waals surface area contributed by atoms with Crippen molar-refractivity contribution in [1.82, 2.24) is 9.55 Å². The van der Waals surface area contributed by atoms with Gasteiger partial charge in [0.05, 0.1) is 5.69 Å². The molecule has 1 unspecified atom stereocenters. The number of rotatable bonds is 2. The largest absolute Gasteiger partial charge is 0.480 e. The van der Waals surface area contributed by atoms with E-state index in [0.29, 0.717) is 29.6 Å². The van der Waals surface area contributed by atoms with E-state index in [1.807, 2.05) is 0 Å². The normalized spacial score (nSPS) is 18.3. The first kappa shape index (κ1) is 12.6. The first-order valence-electron chi connectivity index (χ1n) is 5.83. The van der Waals surface area contributed by atoms with Crippen molar-refractivity contribution in [2.24, 2.45) is 0 Å². The number of hydrogen-bond acceptors (Lipinski definition) is 3. The summed E-state index contributed by atoms with van der Waals surface area (Å²) in [6.07, 6.45) is 2.04. The van der Waals surface area contributed by atoms with E-state index in [2.05, 4.69) is 4.98 Å². The molecule has 0 spiro atoms. The minimum absolute atomic E-state index is 0.228. The highest BCUT2D eigenvalue weighted by molar-refractivity contribution is 6.30. The van der Waals surface area contributed by atoms with Gasteiger partial charge in [-0.2, -0.15) is 0 Å². The number of aromatic nitrogens is 2. The van der Waals surface area contributed by atoms with Crippen LogP contribution in [0, 0.1) is 0 Å². The molecule has 100 valence electrons. The highest BCUT2D eigenvalue weighted by atomic mass is 35.5. The first-order chi connectivity index (χ1) is 9.08. The summed E-state index contributed by atoms with van der Waals surface area (Å²) in [6, 6.07) is 2.58. The van der Waals surface area contributed by atoms with Crippen LogP contribution in [0.15, 0.2) is 16.5 Å².